The van der Waals surface area contributed by atoms with Crippen LogP contribution in [0.25, 0.3) is 0 Å². The second-order valence-corrected chi connectivity index (χ2v) is 7.53. The van der Waals surface area contributed by atoms with Crippen molar-refractivity contribution in [3.05, 3.63) is 29.8 Å². The minimum Gasteiger partial charge on any atom is -0.377 e. The van der Waals surface area contributed by atoms with Crippen molar-refractivity contribution in [1.29, 1.82) is 0 Å². The smallest absolute Gasteiger partial charge is 0.254 e. The Morgan fingerprint density at radius 1 is 1.38 bits per heavy atom. The third-order valence-electron chi connectivity index (χ3n) is 3.30. The van der Waals surface area contributed by atoms with Crippen LogP contribution in [0.2, 0.25) is 0 Å². The van der Waals surface area contributed by atoms with E-state index >= 15 is 0 Å². The molecule has 0 saturated carbocycles. The normalized spacial score (nSPS) is 18.3. The van der Waals surface area contributed by atoms with E-state index in [4.69, 9.17) is 4.74 Å². The van der Waals surface area contributed by atoms with Crippen molar-refractivity contribution in [3.63, 3.8) is 0 Å². The van der Waals surface area contributed by atoms with Gasteiger partial charge in [0.05, 0.1) is 25.0 Å². The van der Waals surface area contributed by atoms with Gasteiger partial charge < -0.3 is 9.64 Å². The molecule has 1 saturated heterocycles. The predicted molar refractivity (Wildman–Crippen MR) is 80.8 cm³/mol. The Morgan fingerprint density at radius 2 is 2.10 bits per heavy atom. The molecular weight excluding hydrogens is 292 g/mol. The molecule has 0 atom stereocenters. The Labute approximate surface area is 125 Å². The lowest BCUT2D eigenvalue weighted by Crippen LogP contribution is -2.55. The number of anilines is 1. The van der Waals surface area contributed by atoms with Crippen molar-refractivity contribution in [1.82, 2.24) is 4.90 Å². The van der Waals surface area contributed by atoms with Crippen LogP contribution in [0.1, 0.15) is 24.2 Å². The number of carbonyl (C=O) groups excluding carboxylic acids is 1. The maximum absolute atomic E-state index is 12.6. The summed E-state index contributed by atoms with van der Waals surface area (Å²) in [5.41, 5.74) is 0.461. The molecule has 0 unspecified atom stereocenters. The van der Waals surface area contributed by atoms with Gasteiger partial charge in [-0.25, -0.2) is 8.42 Å². The number of amides is 1. The number of rotatable bonds is 3. The molecule has 1 heterocycles. The molecule has 1 aliphatic heterocycles. The molecule has 116 valence electrons. The summed E-state index contributed by atoms with van der Waals surface area (Å²) >= 11 is 0. The Bertz CT molecular complexity index is 640. The minimum absolute atomic E-state index is 0.125. The number of nitrogens with zero attached hydrogens (tertiary/aromatic N) is 1. The second kappa shape index (κ2) is 5.65. The number of hydrogen-bond acceptors (Lipinski definition) is 4. The summed E-state index contributed by atoms with van der Waals surface area (Å²) in [4.78, 5) is 14.4. The van der Waals surface area contributed by atoms with Crippen LogP contribution in [0, 0.1) is 0 Å². The lowest BCUT2D eigenvalue weighted by molar-refractivity contribution is -0.0370. The monoisotopic (exact) mass is 312 g/mol. The van der Waals surface area contributed by atoms with Gasteiger partial charge in [0.1, 0.15) is 0 Å². The first-order chi connectivity index (χ1) is 9.69. The van der Waals surface area contributed by atoms with Crippen LogP contribution >= 0.6 is 0 Å². The molecular formula is C14H20N2O4S. The maximum Gasteiger partial charge on any atom is 0.254 e. The summed E-state index contributed by atoms with van der Waals surface area (Å²) in [5.74, 6) is -0.125. The van der Waals surface area contributed by atoms with Crippen molar-refractivity contribution in [2.75, 3.05) is 30.7 Å². The Kier molecular flexibility index (Phi) is 4.25. The summed E-state index contributed by atoms with van der Waals surface area (Å²) in [6.07, 6.45) is 1.08. The van der Waals surface area contributed by atoms with Gasteiger partial charge >= 0.3 is 0 Å². The summed E-state index contributed by atoms with van der Waals surface area (Å²) < 4.78 is 30.3. The minimum atomic E-state index is -3.36. The molecule has 1 aromatic rings. The molecule has 0 bridgehead atoms. The van der Waals surface area contributed by atoms with Crippen LogP contribution in [-0.2, 0) is 14.8 Å². The fourth-order valence-electron chi connectivity index (χ4n) is 2.32. The molecule has 1 fully saturated rings. The summed E-state index contributed by atoms with van der Waals surface area (Å²) in [6, 6.07) is 6.51. The molecule has 1 aliphatic rings. The van der Waals surface area contributed by atoms with E-state index in [0.29, 0.717) is 31.0 Å². The maximum atomic E-state index is 12.6. The number of sulfonamides is 1. The first kappa shape index (κ1) is 15.8. The molecule has 1 amide bonds. The van der Waals surface area contributed by atoms with Crippen LogP contribution in [0.15, 0.2) is 24.3 Å². The van der Waals surface area contributed by atoms with Crippen LogP contribution < -0.4 is 4.72 Å². The summed E-state index contributed by atoms with van der Waals surface area (Å²) in [7, 11) is -3.36. The zero-order valence-corrected chi connectivity index (χ0v) is 13.2. The number of morpholine rings is 1. The van der Waals surface area contributed by atoms with Gasteiger partial charge in [0.25, 0.3) is 5.91 Å². The quantitative estimate of drug-likeness (QED) is 0.913. The lowest BCUT2D eigenvalue weighted by Gasteiger charge is -2.42. The lowest BCUT2D eigenvalue weighted by atomic mass is 10.0. The van der Waals surface area contributed by atoms with Crippen molar-refractivity contribution in [3.8, 4) is 0 Å². The van der Waals surface area contributed by atoms with E-state index < -0.39 is 10.0 Å². The molecule has 7 heteroatoms. The molecule has 0 radical (unpaired) electrons. The highest BCUT2D eigenvalue weighted by Gasteiger charge is 2.34. The molecule has 1 N–H and O–H groups in total. The van der Waals surface area contributed by atoms with E-state index in [1.807, 2.05) is 13.8 Å². The molecule has 21 heavy (non-hydrogen) atoms. The van der Waals surface area contributed by atoms with Crippen LogP contribution in [-0.4, -0.2) is 50.8 Å². The van der Waals surface area contributed by atoms with Gasteiger partial charge in [-0.3, -0.25) is 9.52 Å². The third-order valence-corrected chi connectivity index (χ3v) is 3.91. The number of carbonyl (C=O) groups is 1. The van der Waals surface area contributed by atoms with Crippen LogP contribution in [0.4, 0.5) is 5.69 Å². The number of benzene rings is 1. The zero-order valence-electron chi connectivity index (χ0n) is 12.4. The van der Waals surface area contributed by atoms with Gasteiger partial charge in [-0.15, -0.1) is 0 Å². The van der Waals surface area contributed by atoms with E-state index in [1.165, 1.54) is 0 Å². The van der Waals surface area contributed by atoms with Gasteiger partial charge in [0.15, 0.2) is 0 Å². The van der Waals surface area contributed by atoms with Crippen LogP contribution in [0.5, 0.6) is 0 Å². The predicted octanol–water partition coefficient (Wildman–Crippen LogP) is 1.31. The van der Waals surface area contributed by atoms with Crippen molar-refractivity contribution < 1.29 is 17.9 Å². The summed E-state index contributed by atoms with van der Waals surface area (Å²) in [5, 5.41) is 0. The van der Waals surface area contributed by atoms with E-state index in [9.17, 15) is 13.2 Å². The average molecular weight is 312 g/mol. The highest BCUT2D eigenvalue weighted by atomic mass is 32.2. The van der Waals surface area contributed by atoms with E-state index in [-0.39, 0.29) is 11.4 Å². The largest absolute Gasteiger partial charge is 0.377 e. The fraction of sp³-hybridized carbons (Fsp3) is 0.500. The highest BCUT2D eigenvalue weighted by Crippen LogP contribution is 2.23. The van der Waals surface area contributed by atoms with Gasteiger partial charge in [-0.1, -0.05) is 6.07 Å². The molecule has 0 aliphatic carbocycles. The van der Waals surface area contributed by atoms with Crippen molar-refractivity contribution in [2.24, 2.45) is 0 Å². The first-order valence-electron chi connectivity index (χ1n) is 6.67. The van der Waals surface area contributed by atoms with Gasteiger partial charge in [-0.2, -0.15) is 0 Å². The van der Waals surface area contributed by atoms with Gasteiger partial charge in [-0.05, 0) is 32.0 Å². The van der Waals surface area contributed by atoms with E-state index in [1.54, 1.807) is 29.2 Å². The van der Waals surface area contributed by atoms with Gasteiger partial charge in [0.2, 0.25) is 10.0 Å². The van der Waals surface area contributed by atoms with E-state index in [2.05, 4.69) is 4.72 Å². The average Bonchev–Trinajstić information content (AvgIpc) is 2.36. The topological polar surface area (TPSA) is 75.7 Å². The van der Waals surface area contributed by atoms with E-state index in [0.717, 1.165) is 6.26 Å². The summed E-state index contributed by atoms with van der Waals surface area (Å²) in [6.45, 7) is 5.41. The van der Waals surface area contributed by atoms with Crippen molar-refractivity contribution >= 4 is 21.6 Å². The molecule has 1 aromatic carbocycles. The Balaban J connectivity index is 2.25. The first-order valence-corrected chi connectivity index (χ1v) is 8.56. The Hall–Kier alpha value is -1.60. The fourth-order valence-corrected chi connectivity index (χ4v) is 2.88. The number of nitrogens with one attached hydrogen (secondary N) is 1. The third kappa shape index (κ3) is 3.95. The molecule has 2 rings (SSSR count). The second-order valence-electron chi connectivity index (χ2n) is 5.78. The molecule has 0 aromatic heterocycles. The SMILES string of the molecule is CC1(C)COCCN1C(=O)c1cccc(NS(C)(=O)=O)c1. The number of hydrogen-bond donors (Lipinski definition) is 1. The number of ether oxygens (including phenoxy) is 1. The Morgan fingerprint density at radius 3 is 2.71 bits per heavy atom. The van der Waals surface area contributed by atoms with Crippen molar-refractivity contribution in [2.45, 2.75) is 19.4 Å². The zero-order chi connectivity index (χ0) is 15.7. The molecule has 6 nitrogen and oxygen atoms in total. The van der Waals surface area contributed by atoms with Crippen LogP contribution in [0.3, 0.4) is 0 Å². The standard InChI is InChI=1S/C14H20N2O4S/c1-14(2)10-20-8-7-16(14)13(17)11-5-4-6-12(9-11)15-21(3,18)19/h4-6,9,15H,7-8,10H2,1-3H3. The molecule has 0 spiro atoms. The highest BCUT2D eigenvalue weighted by molar-refractivity contribution is 7.92. The van der Waals surface area contributed by atoms with Gasteiger partial charge in [0, 0.05) is 17.8 Å².